The fourth-order valence-corrected chi connectivity index (χ4v) is 3.84. The van der Waals surface area contributed by atoms with E-state index in [0.29, 0.717) is 23.4 Å². The van der Waals surface area contributed by atoms with Crippen LogP contribution in [0.5, 0.6) is 0 Å². The van der Waals surface area contributed by atoms with Gasteiger partial charge in [-0.3, -0.25) is 9.59 Å². The number of carbonyl (C=O) groups is 3. The molecular weight excluding hydrogens is 380 g/mol. The summed E-state index contributed by atoms with van der Waals surface area (Å²) in [7, 11) is 1.33. The average Bonchev–Trinajstić information content (AvgIpc) is 2.91. The molecule has 0 spiro atoms. The molecule has 1 aromatic rings. The maximum Gasteiger partial charge on any atom is 0.331 e. The van der Waals surface area contributed by atoms with Gasteiger partial charge in [0.1, 0.15) is 11.6 Å². The normalized spacial score (nSPS) is 17.3. The van der Waals surface area contributed by atoms with Crippen molar-refractivity contribution < 1.29 is 19.1 Å². The fourth-order valence-electron chi connectivity index (χ4n) is 3.62. The van der Waals surface area contributed by atoms with Gasteiger partial charge in [-0.15, -0.1) is 0 Å². The number of ether oxygens (including phenoxy) is 1. The Morgan fingerprint density at radius 3 is 2.21 bits per heavy atom. The first kappa shape index (κ1) is 22.2. The second kappa shape index (κ2) is 9.92. The molecule has 1 aromatic carbocycles. The third-order valence-corrected chi connectivity index (χ3v) is 5.58. The first-order valence-electron chi connectivity index (χ1n) is 9.76. The number of rotatable bonds is 6. The van der Waals surface area contributed by atoms with Crippen molar-refractivity contribution in [2.45, 2.75) is 64.0 Å². The highest BCUT2D eigenvalue weighted by Crippen LogP contribution is 2.29. The van der Waals surface area contributed by atoms with Crippen molar-refractivity contribution in [1.82, 2.24) is 10.6 Å². The van der Waals surface area contributed by atoms with Crippen LogP contribution in [0, 0.1) is 5.92 Å². The molecule has 1 saturated carbocycles. The van der Waals surface area contributed by atoms with Crippen molar-refractivity contribution >= 4 is 29.4 Å². The van der Waals surface area contributed by atoms with Gasteiger partial charge in [-0.1, -0.05) is 63.3 Å². The van der Waals surface area contributed by atoms with Gasteiger partial charge in [-0.05, 0) is 30.9 Å². The van der Waals surface area contributed by atoms with Crippen molar-refractivity contribution in [2.75, 3.05) is 7.11 Å². The van der Waals surface area contributed by atoms with Crippen LogP contribution in [0.25, 0.3) is 0 Å². The summed E-state index contributed by atoms with van der Waals surface area (Å²) in [4.78, 5) is 38.2. The number of benzene rings is 1. The second-order valence-electron chi connectivity index (χ2n) is 7.65. The number of carbonyl (C=O) groups excluding carboxylic acids is 3. The van der Waals surface area contributed by atoms with E-state index in [2.05, 4.69) is 10.6 Å². The predicted octanol–water partition coefficient (Wildman–Crippen LogP) is 3.48. The zero-order valence-corrected chi connectivity index (χ0v) is 17.5. The van der Waals surface area contributed by atoms with Crippen LogP contribution >= 0.6 is 11.6 Å². The molecule has 0 bridgehead atoms. The smallest absolute Gasteiger partial charge is 0.331 e. The lowest BCUT2D eigenvalue weighted by molar-refractivity contribution is -0.152. The minimum atomic E-state index is -1.04. The fraction of sp³-hybridized carbons (Fsp3) is 0.571. The first-order valence-corrected chi connectivity index (χ1v) is 10.1. The van der Waals surface area contributed by atoms with E-state index in [-0.39, 0.29) is 11.8 Å². The Labute approximate surface area is 171 Å². The van der Waals surface area contributed by atoms with E-state index in [0.717, 1.165) is 25.7 Å². The number of nitrogens with one attached hydrogen (secondary N) is 2. The van der Waals surface area contributed by atoms with E-state index in [1.807, 2.05) is 13.8 Å². The van der Waals surface area contributed by atoms with Gasteiger partial charge in [-0.25, -0.2) is 4.79 Å². The van der Waals surface area contributed by atoms with Crippen LogP contribution in [0.2, 0.25) is 5.02 Å². The molecule has 28 heavy (non-hydrogen) atoms. The summed E-state index contributed by atoms with van der Waals surface area (Å²) in [5.41, 5.74) is -0.732. The van der Waals surface area contributed by atoms with E-state index in [9.17, 15) is 14.4 Å². The topological polar surface area (TPSA) is 84.5 Å². The molecule has 6 nitrogen and oxygen atoms in total. The number of hydrogen-bond donors (Lipinski definition) is 2. The maximum absolute atomic E-state index is 13.1. The standard InChI is InChI=1S/C21H29ClN2O4/c1-14(2)17(23-18(25)15-10-6-7-11-16(15)22)19(26)24-21(20(27)28-3)12-8-4-5-9-13-21/h6-7,10-11,14,17H,4-5,8-9,12-13H2,1-3H3,(H,23,25)(H,24,26). The summed E-state index contributed by atoms with van der Waals surface area (Å²) in [5.74, 6) is -1.41. The Hall–Kier alpha value is -2.08. The van der Waals surface area contributed by atoms with Gasteiger partial charge in [-0.2, -0.15) is 0 Å². The Morgan fingerprint density at radius 2 is 1.68 bits per heavy atom. The lowest BCUT2D eigenvalue weighted by Gasteiger charge is -2.33. The van der Waals surface area contributed by atoms with Crippen LogP contribution in [0.4, 0.5) is 0 Å². The van der Waals surface area contributed by atoms with Crippen molar-refractivity contribution in [3.63, 3.8) is 0 Å². The van der Waals surface area contributed by atoms with Gasteiger partial charge in [0, 0.05) is 0 Å². The van der Waals surface area contributed by atoms with Crippen molar-refractivity contribution in [3.8, 4) is 0 Å². The number of esters is 1. The van der Waals surface area contributed by atoms with Crippen LogP contribution in [0.15, 0.2) is 24.3 Å². The molecule has 154 valence electrons. The number of halogens is 1. The van der Waals surface area contributed by atoms with E-state index in [4.69, 9.17) is 16.3 Å². The molecule has 0 aromatic heterocycles. The van der Waals surface area contributed by atoms with Crippen molar-refractivity contribution in [2.24, 2.45) is 5.92 Å². The zero-order valence-electron chi connectivity index (χ0n) is 16.7. The summed E-state index contributed by atoms with van der Waals surface area (Å²) in [6.45, 7) is 3.68. The van der Waals surface area contributed by atoms with Crippen molar-refractivity contribution in [3.05, 3.63) is 34.9 Å². The summed E-state index contributed by atoms with van der Waals surface area (Å²) in [6, 6.07) is 5.88. The maximum atomic E-state index is 13.1. The molecule has 0 saturated heterocycles. The molecule has 1 aliphatic rings. The molecule has 0 heterocycles. The molecule has 2 N–H and O–H groups in total. The molecule has 0 aliphatic heterocycles. The zero-order chi connectivity index (χ0) is 20.7. The number of amides is 2. The van der Waals surface area contributed by atoms with Crippen LogP contribution < -0.4 is 10.6 Å². The van der Waals surface area contributed by atoms with Gasteiger partial charge >= 0.3 is 5.97 Å². The number of methoxy groups -OCH3 is 1. The first-order chi connectivity index (χ1) is 13.3. The van der Waals surface area contributed by atoms with Crippen LogP contribution in [-0.4, -0.2) is 36.5 Å². The Morgan fingerprint density at radius 1 is 1.07 bits per heavy atom. The quantitative estimate of drug-likeness (QED) is 0.557. The Bertz CT molecular complexity index is 712. The molecule has 1 unspecified atom stereocenters. The van der Waals surface area contributed by atoms with Gasteiger partial charge in [0.15, 0.2) is 0 Å². The largest absolute Gasteiger partial charge is 0.467 e. The van der Waals surface area contributed by atoms with E-state index >= 15 is 0 Å². The van der Waals surface area contributed by atoms with Crippen LogP contribution in [-0.2, 0) is 14.3 Å². The summed E-state index contributed by atoms with van der Waals surface area (Å²) in [6.07, 6.45) is 4.79. The van der Waals surface area contributed by atoms with E-state index < -0.39 is 23.5 Å². The molecule has 1 aliphatic carbocycles. The lowest BCUT2D eigenvalue weighted by atomic mass is 9.89. The van der Waals surface area contributed by atoms with Gasteiger partial charge in [0.25, 0.3) is 5.91 Å². The lowest BCUT2D eigenvalue weighted by Crippen LogP contribution is -2.60. The van der Waals surface area contributed by atoms with Crippen LogP contribution in [0.3, 0.4) is 0 Å². The van der Waals surface area contributed by atoms with E-state index in [1.54, 1.807) is 24.3 Å². The van der Waals surface area contributed by atoms with Gasteiger partial charge in [0.05, 0.1) is 17.7 Å². The highest BCUT2D eigenvalue weighted by molar-refractivity contribution is 6.33. The number of hydrogen-bond acceptors (Lipinski definition) is 4. The monoisotopic (exact) mass is 408 g/mol. The molecule has 7 heteroatoms. The molecule has 0 radical (unpaired) electrons. The molecular formula is C21H29ClN2O4. The molecule has 1 atom stereocenters. The highest BCUT2D eigenvalue weighted by atomic mass is 35.5. The molecule has 1 fully saturated rings. The average molecular weight is 409 g/mol. The third kappa shape index (κ3) is 5.25. The van der Waals surface area contributed by atoms with Crippen LogP contribution in [0.1, 0.15) is 62.7 Å². The third-order valence-electron chi connectivity index (χ3n) is 5.25. The predicted molar refractivity (Wildman–Crippen MR) is 108 cm³/mol. The Kier molecular flexibility index (Phi) is 7.87. The molecule has 2 rings (SSSR count). The van der Waals surface area contributed by atoms with Crippen molar-refractivity contribution in [1.29, 1.82) is 0 Å². The summed E-state index contributed by atoms with van der Waals surface area (Å²) >= 11 is 6.10. The second-order valence-corrected chi connectivity index (χ2v) is 8.06. The van der Waals surface area contributed by atoms with Gasteiger partial charge < -0.3 is 15.4 Å². The summed E-state index contributed by atoms with van der Waals surface area (Å²) < 4.78 is 5.00. The minimum Gasteiger partial charge on any atom is -0.467 e. The highest BCUT2D eigenvalue weighted by Gasteiger charge is 2.42. The minimum absolute atomic E-state index is 0.174. The SMILES string of the molecule is COC(=O)C1(NC(=O)C(NC(=O)c2ccccc2Cl)C(C)C)CCCCCC1. The van der Waals surface area contributed by atoms with E-state index in [1.165, 1.54) is 7.11 Å². The molecule has 2 amide bonds. The summed E-state index contributed by atoms with van der Waals surface area (Å²) in [5, 5.41) is 6.00. The Balaban J connectivity index is 2.20. The van der Waals surface area contributed by atoms with Gasteiger partial charge in [0.2, 0.25) is 5.91 Å².